The zero-order valence-corrected chi connectivity index (χ0v) is 18.7. The Kier molecular flexibility index (Phi) is 5.86. The molecule has 0 atom stereocenters. The van der Waals surface area contributed by atoms with E-state index < -0.39 is 5.97 Å². The van der Waals surface area contributed by atoms with Crippen LogP contribution in [0.5, 0.6) is 0 Å². The van der Waals surface area contributed by atoms with E-state index in [1.165, 1.54) is 13.4 Å². The Bertz CT molecular complexity index is 1330. The number of aromatic nitrogens is 5. The van der Waals surface area contributed by atoms with Gasteiger partial charge >= 0.3 is 5.97 Å². The lowest BCUT2D eigenvalue weighted by Crippen LogP contribution is -2.49. The van der Waals surface area contributed by atoms with Crippen molar-refractivity contribution in [3.63, 3.8) is 0 Å². The number of hydrogen-bond acceptors (Lipinski definition) is 8. The van der Waals surface area contributed by atoms with Crippen LogP contribution >= 0.6 is 0 Å². The third kappa shape index (κ3) is 4.05. The number of rotatable bonds is 5. The Labute approximate surface area is 195 Å². The molecular weight excluding hydrogens is 434 g/mol. The summed E-state index contributed by atoms with van der Waals surface area (Å²) in [5.41, 5.74) is 3.02. The summed E-state index contributed by atoms with van der Waals surface area (Å²) in [6.45, 7) is 2.68. The van der Waals surface area contributed by atoms with Gasteiger partial charge in [-0.1, -0.05) is 47.7 Å². The lowest BCUT2D eigenvalue weighted by atomic mass is 10.1. The predicted octanol–water partition coefficient (Wildman–Crippen LogP) is 2.02. The second-order valence-corrected chi connectivity index (χ2v) is 7.92. The minimum absolute atomic E-state index is 0.192. The van der Waals surface area contributed by atoms with E-state index >= 15 is 0 Å². The number of carbonyl (C=O) groups excluding carboxylic acids is 2. The Balaban J connectivity index is 1.32. The number of methoxy groups -OCH3 is 1. The smallest absolute Gasteiger partial charge is 0.338 e. The number of carbonyl (C=O) groups is 2. The first-order valence-corrected chi connectivity index (χ1v) is 11.0. The Morgan fingerprint density at radius 2 is 1.62 bits per heavy atom. The molecule has 2 aromatic carbocycles. The molecule has 0 radical (unpaired) electrons. The molecule has 1 fully saturated rings. The number of fused-ring (bicyclic) bond motifs is 1. The molecule has 1 saturated heterocycles. The monoisotopic (exact) mass is 457 g/mol. The highest BCUT2D eigenvalue weighted by atomic mass is 16.5. The van der Waals surface area contributed by atoms with Crippen LogP contribution < -0.4 is 4.90 Å². The van der Waals surface area contributed by atoms with Crippen LogP contribution in [-0.2, 0) is 11.3 Å². The predicted molar refractivity (Wildman–Crippen MR) is 125 cm³/mol. The van der Waals surface area contributed by atoms with Gasteiger partial charge in [-0.15, -0.1) is 5.10 Å². The van der Waals surface area contributed by atoms with Gasteiger partial charge in [0, 0.05) is 26.2 Å². The van der Waals surface area contributed by atoms with Gasteiger partial charge in [-0.2, -0.15) is 0 Å². The zero-order chi connectivity index (χ0) is 23.5. The molecule has 0 aliphatic carbocycles. The van der Waals surface area contributed by atoms with Crippen LogP contribution in [0.25, 0.3) is 11.2 Å². The zero-order valence-electron chi connectivity index (χ0n) is 18.7. The molecule has 1 aliphatic rings. The number of nitrogens with zero attached hydrogens (tertiary/aromatic N) is 7. The van der Waals surface area contributed by atoms with Crippen LogP contribution in [0, 0.1) is 0 Å². The maximum absolute atomic E-state index is 13.1. The van der Waals surface area contributed by atoms with Crippen molar-refractivity contribution in [3.8, 4) is 0 Å². The summed E-state index contributed by atoms with van der Waals surface area (Å²) in [6.07, 6.45) is 1.52. The van der Waals surface area contributed by atoms with Gasteiger partial charge in [0.1, 0.15) is 6.33 Å². The Hall–Kier alpha value is -4.34. The van der Waals surface area contributed by atoms with E-state index in [9.17, 15) is 9.59 Å². The van der Waals surface area contributed by atoms with Gasteiger partial charge in [-0.05, 0) is 17.7 Å². The van der Waals surface area contributed by atoms with Crippen LogP contribution in [0.4, 0.5) is 5.82 Å². The summed E-state index contributed by atoms with van der Waals surface area (Å²) in [5, 5.41) is 8.64. The van der Waals surface area contributed by atoms with Gasteiger partial charge in [0.05, 0.1) is 24.8 Å². The number of anilines is 1. The van der Waals surface area contributed by atoms with E-state index in [1.807, 2.05) is 30.3 Å². The average Bonchev–Trinajstić information content (AvgIpc) is 3.31. The minimum Gasteiger partial charge on any atom is -0.465 e. The number of benzene rings is 2. The number of amides is 1. The van der Waals surface area contributed by atoms with Gasteiger partial charge < -0.3 is 14.5 Å². The van der Waals surface area contributed by atoms with Crippen molar-refractivity contribution in [1.82, 2.24) is 29.9 Å². The SMILES string of the molecule is COC(=O)c1ccccc1C(=O)N1CCN(c2ncnc3c2nnn3Cc2ccccc2)CC1. The fraction of sp³-hybridized carbons (Fsp3) is 0.250. The summed E-state index contributed by atoms with van der Waals surface area (Å²) < 4.78 is 6.59. The van der Waals surface area contributed by atoms with Crippen LogP contribution in [0.2, 0.25) is 0 Å². The van der Waals surface area contributed by atoms with Crippen LogP contribution in [0.3, 0.4) is 0 Å². The van der Waals surface area contributed by atoms with E-state index in [1.54, 1.807) is 33.8 Å². The molecule has 34 heavy (non-hydrogen) atoms. The van der Waals surface area contributed by atoms with Crippen LogP contribution in [0.15, 0.2) is 60.9 Å². The highest BCUT2D eigenvalue weighted by Crippen LogP contribution is 2.23. The highest BCUT2D eigenvalue weighted by Gasteiger charge is 2.27. The van der Waals surface area contributed by atoms with Gasteiger partial charge in [-0.25, -0.2) is 19.4 Å². The molecule has 2 aromatic heterocycles. The fourth-order valence-corrected chi connectivity index (χ4v) is 4.12. The Morgan fingerprint density at radius 3 is 2.35 bits per heavy atom. The van der Waals surface area contributed by atoms with E-state index in [2.05, 4.69) is 25.2 Å². The number of ether oxygens (including phenoxy) is 1. The normalized spacial score (nSPS) is 13.8. The largest absolute Gasteiger partial charge is 0.465 e. The van der Waals surface area contributed by atoms with Crippen LogP contribution in [0.1, 0.15) is 26.3 Å². The lowest BCUT2D eigenvalue weighted by molar-refractivity contribution is 0.0589. The van der Waals surface area contributed by atoms with Crippen molar-refractivity contribution < 1.29 is 14.3 Å². The number of esters is 1. The lowest BCUT2D eigenvalue weighted by Gasteiger charge is -2.35. The number of hydrogen-bond donors (Lipinski definition) is 0. The van der Waals surface area contributed by atoms with Crippen molar-refractivity contribution in [2.75, 3.05) is 38.2 Å². The molecule has 0 saturated carbocycles. The molecule has 4 aromatic rings. The van der Waals surface area contributed by atoms with Gasteiger partial charge in [0.2, 0.25) is 0 Å². The second-order valence-electron chi connectivity index (χ2n) is 7.92. The molecule has 3 heterocycles. The summed E-state index contributed by atoms with van der Waals surface area (Å²) in [5.74, 6) is -0.0155. The first kappa shape index (κ1) is 21.5. The van der Waals surface area contributed by atoms with Crippen molar-refractivity contribution in [1.29, 1.82) is 0 Å². The van der Waals surface area contributed by atoms with E-state index in [0.29, 0.717) is 55.3 Å². The van der Waals surface area contributed by atoms with Crippen molar-refractivity contribution in [3.05, 3.63) is 77.6 Å². The van der Waals surface area contributed by atoms with Crippen molar-refractivity contribution >= 4 is 28.9 Å². The van der Waals surface area contributed by atoms with Gasteiger partial charge in [-0.3, -0.25) is 4.79 Å². The van der Waals surface area contributed by atoms with Gasteiger partial charge in [0.15, 0.2) is 17.0 Å². The summed E-state index contributed by atoms with van der Waals surface area (Å²) in [7, 11) is 1.31. The molecular formula is C24H23N7O3. The van der Waals surface area contributed by atoms with Crippen molar-refractivity contribution in [2.24, 2.45) is 0 Å². The fourth-order valence-electron chi connectivity index (χ4n) is 4.12. The van der Waals surface area contributed by atoms with E-state index in [4.69, 9.17) is 4.74 Å². The first-order chi connectivity index (χ1) is 16.7. The summed E-state index contributed by atoms with van der Waals surface area (Å²) in [4.78, 5) is 37.9. The molecule has 10 nitrogen and oxygen atoms in total. The molecule has 0 N–H and O–H groups in total. The maximum Gasteiger partial charge on any atom is 0.338 e. The molecule has 5 rings (SSSR count). The highest BCUT2D eigenvalue weighted by molar-refractivity contribution is 6.05. The molecule has 0 bridgehead atoms. The molecule has 172 valence electrons. The molecule has 1 aliphatic heterocycles. The second kappa shape index (κ2) is 9.26. The standard InChI is InChI=1S/C24H23N7O3/c1-34-24(33)19-10-6-5-9-18(19)23(32)30-13-11-29(12-14-30)21-20-22(26-16-25-21)31(28-27-20)15-17-7-3-2-4-8-17/h2-10,16H,11-15H2,1H3. The maximum atomic E-state index is 13.1. The Morgan fingerprint density at radius 1 is 0.912 bits per heavy atom. The molecule has 10 heteroatoms. The van der Waals surface area contributed by atoms with Gasteiger partial charge in [0.25, 0.3) is 5.91 Å². The van der Waals surface area contributed by atoms with Crippen molar-refractivity contribution in [2.45, 2.75) is 6.54 Å². The molecule has 0 unspecified atom stereocenters. The van der Waals surface area contributed by atoms with Crippen LogP contribution in [-0.4, -0.2) is 75.0 Å². The number of piperazine rings is 1. The third-order valence-electron chi connectivity index (χ3n) is 5.89. The molecule has 1 amide bonds. The summed E-state index contributed by atoms with van der Waals surface area (Å²) >= 11 is 0. The van der Waals surface area contributed by atoms with E-state index in [0.717, 1.165) is 5.56 Å². The topological polar surface area (TPSA) is 106 Å². The average molecular weight is 457 g/mol. The molecule has 0 spiro atoms. The first-order valence-electron chi connectivity index (χ1n) is 11.0. The quantitative estimate of drug-likeness (QED) is 0.419. The minimum atomic E-state index is -0.524. The summed E-state index contributed by atoms with van der Waals surface area (Å²) in [6, 6.07) is 16.7. The third-order valence-corrected chi connectivity index (χ3v) is 5.89. The van der Waals surface area contributed by atoms with E-state index in [-0.39, 0.29) is 11.5 Å².